The molecule has 5 nitrogen and oxygen atoms in total. The van der Waals surface area contributed by atoms with Crippen molar-refractivity contribution in [2.45, 2.75) is 45.7 Å². The van der Waals surface area contributed by atoms with E-state index >= 15 is 0 Å². The standard InChI is InChI=1S/C14H22BrN3O2/c1-9(2)18-14(19)13(15)12(8-16-18)17-10(3)11-4-6-20-7-5-11/h8-11,17H,4-7H2,1-3H3. The van der Waals surface area contributed by atoms with Crippen LogP contribution in [0.3, 0.4) is 0 Å². The Labute approximate surface area is 127 Å². The van der Waals surface area contributed by atoms with E-state index < -0.39 is 0 Å². The fraction of sp³-hybridized carbons (Fsp3) is 0.714. The van der Waals surface area contributed by atoms with E-state index in [1.54, 1.807) is 6.20 Å². The highest BCUT2D eigenvalue weighted by Crippen LogP contribution is 2.24. The van der Waals surface area contributed by atoms with Crippen LogP contribution in [-0.2, 0) is 4.74 Å². The van der Waals surface area contributed by atoms with Crippen LogP contribution in [0.5, 0.6) is 0 Å². The smallest absolute Gasteiger partial charge is 0.283 e. The third-order valence-electron chi connectivity index (χ3n) is 3.79. The molecule has 0 aliphatic carbocycles. The summed E-state index contributed by atoms with van der Waals surface area (Å²) in [6, 6.07) is 0.354. The van der Waals surface area contributed by atoms with Gasteiger partial charge in [0.1, 0.15) is 4.47 Å². The molecule has 6 heteroatoms. The summed E-state index contributed by atoms with van der Waals surface area (Å²) in [7, 11) is 0. The number of aromatic nitrogens is 2. The first-order valence-corrected chi connectivity index (χ1v) is 7.91. The number of rotatable bonds is 4. The van der Waals surface area contributed by atoms with Gasteiger partial charge in [-0.05, 0) is 55.5 Å². The van der Waals surface area contributed by atoms with Crippen molar-refractivity contribution in [1.29, 1.82) is 0 Å². The molecule has 1 saturated heterocycles. The van der Waals surface area contributed by atoms with E-state index in [9.17, 15) is 4.79 Å². The molecular weight excluding hydrogens is 322 g/mol. The molecule has 0 spiro atoms. The minimum Gasteiger partial charge on any atom is -0.381 e. The van der Waals surface area contributed by atoms with Crippen molar-refractivity contribution in [3.05, 3.63) is 21.0 Å². The van der Waals surface area contributed by atoms with E-state index in [0.29, 0.717) is 16.4 Å². The van der Waals surface area contributed by atoms with Crippen molar-refractivity contribution < 1.29 is 4.74 Å². The van der Waals surface area contributed by atoms with Crippen LogP contribution in [0.15, 0.2) is 15.5 Å². The predicted octanol–water partition coefficient (Wildman–Crippen LogP) is 2.81. The summed E-state index contributed by atoms with van der Waals surface area (Å²) in [5, 5.41) is 7.63. The van der Waals surface area contributed by atoms with Crippen LogP contribution in [-0.4, -0.2) is 29.0 Å². The van der Waals surface area contributed by atoms with Gasteiger partial charge in [-0.1, -0.05) is 0 Å². The largest absolute Gasteiger partial charge is 0.381 e. The zero-order chi connectivity index (χ0) is 14.7. The molecule has 1 aliphatic rings. The van der Waals surface area contributed by atoms with Gasteiger partial charge >= 0.3 is 0 Å². The van der Waals surface area contributed by atoms with Crippen molar-refractivity contribution in [3.8, 4) is 0 Å². The second-order valence-electron chi connectivity index (χ2n) is 5.60. The van der Waals surface area contributed by atoms with Crippen LogP contribution in [0.2, 0.25) is 0 Å². The summed E-state index contributed by atoms with van der Waals surface area (Å²) < 4.78 is 7.42. The number of hydrogen-bond acceptors (Lipinski definition) is 4. The average Bonchev–Trinajstić information content (AvgIpc) is 2.44. The highest BCUT2D eigenvalue weighted by molar-refractivity contribution is 9.10. The Hall–Kier alpha value is -0.880. The summed E-state index contributed by atoms with van der Waals surface area (Å²) in [6.07, 6.45) is 3.84. The van der Waals surface area contributed by atoms with E-state index in [4.69, 9.17) is 4.74 Å². The minimum atomic E-state index is -0.0934. The second kappa shape index (κ2) is 6.72. The van der Waals surface area contributed by atoms with Crippen molar-refractivity contribution in [2.24, 2.45) is 5.92 Å². The summed E-state index contributed by atoms with van der Waals surface area (Å²) >= 11 is 3.39. The molecule has 0 amide bonds. The Bertz CT molecular complexity index is 510. The highest BCUT2D eigenvalue weighted by Gasteiger charge is 2.21. The van der Waals surface area contributed by atoms with E-state index in [2.05, 4.69) is 33.3 Å². The number of hydrogen-bond donors (Lipinski definition) is 1. The predicted molar refractivity (Wildman–Crippen MR) is 83.2 cm³/mol. The van der Waals surface area contributed by atoms with Crippen LogP contribution in [0.1, 0.15) is 39.7 Å². The van der Waals surface area contributed by atoms with Crippen LogP contribution < -0.4 is 10.9 Å². The lowest BCUT2D eigenvalue weighted by Crippen LogP contribution is -2.32. The Balaban J connectivity index is 2.13. The van der Waals surface area contributed by atoms with Gasteiger partial charge < -0.3 is 10.1 Å². The first-order chi connectivity index (χ1) is 9.50. The molecule has 112 valence electrons. The van der Waals surface area contributed by atoms with E-state index in [-0.39, 0.29) is 11.6 Å². The van der Waals surface area contributed by atoms with Gasteiger partial charge in [-0.15, -0.1) is 0 Å². The summed E-state index contributed by atoms with van der Waals surface area (Å²) in [4.78, 5) is 12.2. The molecule has 20 heavy (non-hydrogen) atoms. The summed E-state index contributed by atoms with van der Waals surface area (Å²) in [6.45, 7) is 7.68. The first kappa shape index (κ1) is 15.5. The van der Waals surface area contributed by atoms with Gasteiger partial charge in [0.25, 0.3) is 5.56 Å². The van der Waals surface area contributed by atoms with Gasteiger partial charge in [0.2, 0.25) is 0 Å². The number of nitrogens with zero attached hydrogens (tertiary/aromatic N) is 2. The maximum atomic E-state index is 12.2. The molecule has 0 bridgehead atoms. The maximum Gasteiger partial charge on any atom is 0.283 e. The topological polar surface area (TPSA) is 56.2 Å². The molecular formula is C14H22BrN3O2. The average molecular weight is 344 g/mol. The molecule has 1 N–H and O–H groups in total. The van der Waals surface area contributed by atoms with Crippen LogP contribution >= 0.6 is 15.9 Å². The Morgan fingerprint density at radius 2 is 2.05 bits per heavy atom. The Kier molecular flexibility index (Phi) is 5.21. The Morgan fingerprint density at radius 3 is 2.65 bits per heavy atom. The lowest BCUT2D eigenvalue weighted by molar-refractivity contribution is 0.0622. The van der Waals surface area contributed by atoms with Gasteiger partial charge in [0.15, 0.2) is 0 Å². The van der Waals surface area contributed by atoms with Crippen LogP contribution in [0, 0.1) is 5.92 Å². The van der Waals surface area contributed by atoms with E-state index in [1.165, 1.54) is 4.68 Å². The van der Waals surface area contributed by atoms with E-state index in [1.807, 2.05) is 13.8 Å². The first-order valence-electron chi connectivity index (χ1n) is 7.12. The zero-order valence-electron chi connectivity index (χ0n) is 12.2. The maximum absolute atomic E-state index is 12.2. The second-order valence-corrected chi connectivity index (χ2v) is 6.39. The molecule has 0 aromatic carbocycles. The summed E-state index contributed by atoms with van der Waals surface area (Å²) in [5.74, 6) is 0.572. The lowest BCUT2D eigenvalue weighted by atomic mass is 9.93. The number of anilines is 1. The molecule has 2 rings (SSSR count). The molecule has 0 saturated carbocycles. The fourth-order valence-electron chi connectivity index (χ4n) is 2.49. The molecule has 0 radical (unpaired) electrons. The minimum absolute atomic E-state index is 0.0563. The molecule has 1 atom stereocenters. The van der Waals surface area contributed by atoms with Crippen molar-refractivity contribution in [1.82, 2.24) is 9.78 Å². The van der Waals surface area contributed by atoms with Gasteiger partial charge in [0, 0.05) is 19.3 Å². The lowest BCUT2D eigenvalue weighted by Gasteiger charge is -2.29. The fourth-order valence-corrected chi connectivity index (χ4v) is 2.89. The summed E-state index contributed by atoms with van der Waals surface area (Å²) in [5.41, 5.74) is 0.676. The van der Waals surface area contributed by atoms with Gasteiger partial charge in [-0.3, -0.25) is 4.79 Å². The van der Waals surface area contributed by atoms with Crippen molar-refractivity contribution in [3.63, 3.8) is 0 Å². The van der Waals surface area contributed by atoms with Gasteiger partial charge in [0.05, 0.1) is 17.9 Å². The monoisotopic (exact) mass is 343 g/mol. The number of nitrogens with one attached hydrogen (secondary N) is 1. The Morgan fingerprint density at radius 1 is 1.40 bits per heavy atom. The third kappa shape index (κ3) is 3.41. The van der Waals surface area contributed by atoms with Crippen molar-refractivity contribution >= 4 is 21.6 Å². The third-order valence-corrected chi connectivity index (χ3v) is 4.56. The van der Waals surface area contributed by atoms with Gasteiger partial charge in [-0.2, -0.15) is 5.10 Å². The zero-order valence-corrected chi connectivity index (χ0v) is 13.8. The molecule has 1 fully saturated rings. The molecule has 2 heterocycles. The molecule has 1 aromatic heterocycles. The molecule has 1 aliphatic heterocycles. The number of ether oxygens (including phenoxy) is 1. The number of halogens is 1. The SMILES string of the molecule is CC(Nc1cnn(C(C)C)c(=O)c1Br)C1CCOCC1. The van der Waals surface area contributed by atoms with E-state index in [0.717, 1.165) is 31.7 Å². The molecule has 1 aromatic rings. The van der Waals surface area contributed by atoms with Crippen molar-refractivity contribution in [2.75, 3.05) is 18.5 Å². The molecule has 1 unspecified atom stereocenters. The quantitative estimate of drug-likeness (QED) is 0.913. The highest BCUT2D eigenvalue weighted by atomic mass is 79.9. The van der Waals surface area contributed by atoms with Gasteiger partial charge in [-0.25, -0.2) is 4.68 Å². The van der Waals surface area contributed by atoms with Crippen LogP contribution in [0.25, 0.3) is 0 Å². The van der Waals surface area contributed by atoms with Crippen LogP contribution in [0.4, 0.5) is 5.69 Å². The normalized spacial score (nSPS) is 18.2.